The summed E-state index contributed by atoms with van der Waals surface area (Å²) < 4.78 is 2.09. The number of urea groups is 1. The Hall–Kier alpha value is -2.90. The lowest BCUT2D eigenvalue weighted by Gasteiger charge is -2.19. The van der Waals surface area contributed by atoms with Crippen LogP contribution in [0.2, 0.25) is 0 Å². The minimum atomic E-state index is -0.676. The summed E-state index contributed by atoms with van der Waals surface area (Å²) in [4.78, 5) is 42.7. The number of hydrogen-bond donors (Lipinski definition) is 2. The fourth-order valence-corrected chi connectivity index (χ4v) is 4.47. The number of imidazole rings is 1. The smallest absolute Gasteiger partial charge is 0.325 e. The SMILES string of the molecule is Cc1nc2ccccc2n1CCNC(=O)CCCN1C(=O)NC2(CCCC2)C1=O. The summed E-state index contributed by atoms with van der Waals surface area (Å²) in [5.41, 5.74) is 1.33. The van der Waals surface area contributed by atoms with Crippen LogP contribution in [0, 0.1) is 6.92 Å². The third kappa shape index (κ3) is 3.71. The third-order valence-corrected chi connectivity index (χ3v) is 5.99. The lowest BCUT2D eigenvalue weighted by atomic mass is 9.98. The van der Waals surface area contributed by atoms with Gasteiger partial charge in [0.05, 0.1) is 11.0 Å². The molecule has 2 aliphatic rings. The first-order valence-corrected chi connectivity index (χ1v) is 10.3. The van der Waals surface area contributed by atoms with E-state index in [4.69, 9.17) is 0 Å². The maximum Gasteiger partial charge on any atom is 0.325 e. The number of aromatic nitrogens is 2. The Morgan fingerprint density at radius 3 is 2.76 bits per heavy atom. The van der Waals surface area contributed by atoms with E-state index in [2.05, 4.69) is 20.2 Å². The number of imide groups is 1. The van der Waals surface area contributed by atoms with Crippen LogP contribution in [0.1, 0.15) is 44.3 Å². The first kappa shape index (κ1) is 19.4. The van der Waals surface area contributed by atoms with Crippen LogP contribution in [0.3, 0.4) is 0 Å². The standard InChI is InChI=1S/C21H27N5O3/c1-15-23-16-7-2-3-8-17(16)25(15)14-12-22-18(27)9-6-13-26-19(28)21(24-20(26)29)10-4-5-11-21/h2-3,7-8H,4-6,9-14H2,1H3,(H,22,27)(H,24,29). The van der Waals surface area contributed by atoms with Crippen LogP contribution in [-0.2, 0) is 16.1 Å². The van der Waals surface area contributed by atoms with Crippen molar-refractivity contribution in [3.63, 3.8) is 0 Å². The summed E-state index contributed by atoms with van der Waals surface area (Å²) in [6, 6.07) is 7.61. The van der Waals surface area contributed by atoms with Gasteiger partial charge in [-0.2, -0.15) is 0 Å². The third-order valence-electron chi connectivity index (χ3n) is 5.99. The molecule has 1 spiro atoms. The van der Waals surface area contributed by atoms with Gasteiger partial charge >= 0.3 is 6.03 Å². The maximum absolute atomic E-state index is 12.6. The average Bonchev–Trinajstić information content (AvgIpc) is 3.35. The molecule has 1 saturated carbocycles. The van der Waals surface area contributed by atoms with Crippen molar-refractivity contribution in [1.82, 2.24) is 25.1 Å². The molecule has 154 valence electrons. The van der Waals surface area contributed by atoms with Gasteiger partial charge in [0.1, 0.15) is 11.4 Å². The molecule has 0 atom stereocenters. The number of rotatable bonds is 7. The molecular formula is C21H27N5O3. The molecule has 2 fully saturated rings. The highest BCUT2D eigenvalue weighted by Gasteiger charge is 2.51. The molecule has 1 aromatic carbocycles. The lowest BCUT2D eigenvalue weighted by Crippen LogP contribution is -2.44. The van der Waals surface area contributed by atoms with Gasteiger partial charge in [0.2, 0.25) is 5.91 Å². The number of nitrogens with one attached hydrogen (secondary N) is 2. The normalized spacial score (nSPS) is 18.0. The molecule has 1 aliphatic heterocycles. The fourth-order valence-electron chi connectivity index (χ4n) is 4.47. The number of benzene rings is 1. The quantitative estimate of drug-likeness (QED) is 0.700. The molecule has 1 aliphatic carbocycles. The van der Waals surface area contributed by atoms with Crippen LogP contribution in [0.4, 0.5) is 4.79 Å². The predicted octanol–water partition coefficient (Wildman–Crippen LogP) is 2.11. The van der Waals surface area contributed by atoms with Gasteiger partial charge in [-0.15, -0.1) is 0 Å². The molecule has 8 heteroatoms. The molecule has 0 radical (unpaired) electrons. The summed E-state index contributed by atoms with van der Waals surface area (Å²) in [5, 5.41) is 5.78. The summed E-state index contributed by atoms with van der Waals surface area (Å²) in [7, 11) is 0. The Kier molecular flexibility index (Phi) is 5.25. The van der Waals surface area contributed by atoms with Crippen molar-refractivity contribution in [3.05, 3.63) is 30.1 Å². The minimum absolute atomic E-state index is 0.0743. The van der Waals surface area contributed by atoms with E-state index in [-0.39, 0.29) is 30.8 Å². The van der Waals surface area contributed by atoms with Gasteiger partial charge in [0.25, 0.3) is 5.91 Å². The summed E-state index contributed by atoms with van der Waals surface area (Å²) in [5.74, 6) is 0.720. The molecule has 0 unspecified atom stereocenters. The van der Waals surface area contributed by atoms with E-state index in [0.29, 0.717) is 19.5 Å². The van der Waals surface area contributed by atoms with Crippen LogP contribution < -0.4 is 10.6 Å². The number of aryl methyl sites for hydroxylation is 1. The molecule has 4 amide bonds. The highest BCUT2D eigenvalue weighted by atomic mass is 16.2. The first-order valence-electron chi connectivity index (χ1n) is 10.3. The topological polar surface area (TPSA) is 96.3 Å². The van der Waals surface area contributed by atoms with E-state index in [1.807, 2.05) is 31.2 Å². The van der Waals surface area contributed by atoms with Crippen molar-refractivity contribution < 1.29 is 14.4 Å². The molecule has 1 saturated heterocycles. The van der Waals surface area contributed by atoms with Crippen molar-refractivity contribution in [2.24, 2.45) is 0 Å². The van der Waals surface area contributed by atoms with Gasteiger partial charge in [-0.1, -0.05) is 25.0 Å². The van der Waals surface area contributed by atoms with E-state index >= 15 is 0 Å². The number of nitrogens with zero attached hydrogens (tertiary/aromatic N) is 3. The fraction of sp³-hybridized carbons (Fsp3) is 0.524. The van der Waals surface area contributed by atoms with Crippen molar-refractivity contribution in [2.45, 2.75) is 57.5 Å². The average molecular weight is 397 g/mol. The molecule has 29 heavy (non-hydrogen) atoms. The Morgan fingerprint density at radius 1 is 1.21 bits per heavy atom. The van der Waals surface area contributed by atoms with E-state index < -0.39 is 5.54 Å². The van der Waals surface area contributed by atoms with Crippen LogP contribution in [0.25, 0.3) is 11.0 Å². The van der Waals surface area contributed by atoms with Crippen LogP contribution in [0.5, 0.6) is 0 Å². The number of carbonyl (C=O) groups is 3. The molecule has 4 rings (SSSR count). The monoisotopic (exact) mass is 397 g/mol. The Bertz CT molecular complexity index is 945. The van der Waals surface area contributed by atoms with E-state index in [1.165, 1.54) is 4.90 Å². The van der Waals surface area contributed by atoms with Crippen LogP contribution >= 0.6 is 0 Å². The second-order valence-electron chi connectivity index (χ2n) is 7.93. The van der Waals surface area contributed by atoms with Crippen molar-refractivity contribution in [3.8, 4) is 0 Å². The molecular weight excluding hydrogens is 370 g/mol. The Morgan fingerprint density at radius 2 is 1.97 bits per heavy atom. The molecule has 2 heterocycles. The van der Waals surface area contributed by atoms with E-state index in [9.17, 15) is 14.4 Å². The Balaban J connectivity index is 1.22. The van der Waals surface area contributed by atoms with Crippen LogP contribution in [0.15, 0.2) is 24.3 Å². The second kappa shape index (κ2) is 7.85. The van der Waals surface area contributed by atoms with E-state index in [0.717, 1.165) is 42.5 Å². The molecule has 0 bridgehead atoms. The lowest BCUT2D eigenvalue weighted by molar-refractivity contribution is -0.131. The zero-order chi connectivity index (χ0) is 20.4. The predicted molar refractivity (Wildman–Crippen MR) is 108 cm³/mol. The molecule has 2 N–H and O–H groups in total. The van der Waals surface area contributed by atoms with Gasteiger partial charge in [0, 0.05) is 26.1 Å². The number of amides is 4. The number of carbonyl (C=O) groups excluding carboxylic acids is 3. The van der Waals surface area contributed by atoms with Crippen molar-refractivity contribution in [2.75, 3.05) is 13.1 Å². The van der Waals surface area contributed by atoms with Crippen LogP contribution in [-0.4, -0.2) is 50.9 Å². The molecule has 2 aromatic rings. The summed E-state index contributed by atoms with van der Waals surface area (Å²) in [6.07, 6.45) is 4.12. The van der Waals surface area contributed by atoms with Gasteiger partial charge in [-0.05, 0) is 38.3 Å². The number of fused-ring (bicyclic) bond motifs is 1. The summed E-state index contributed by atoms with van der Waals surface area (Å²) in [6.45, 7) is 3.39. The van der Waals surface area contributed by atoms with Gasteiger partial charge < -0.3 is 15.2 Å². The van der Waals surface area contributed by atoms with Gasteiger partial charge in [-0.25, -0.2) is 9.78 Å². The zero-order valence-electron chi connectivity index (χ0n) is 16.7. The van der Waals surface area contributed by atoms with Gasteiger partial charge in [0.15, 0.2) is 0 Å². The molecule has 1 aromatic heterocycles. The van der Waals surface area contributed by atoms with E-state index in [1.54, 1.807) is 0 Å². The summed E-state index contributed by atoms with van der Waals surface area (Å²) >= 11 is 0. The highest BCUT2D eigenvalue weighted by molar-refractivity contribution is 6.07. The largest absolute Gasteiger partial charge is 0.354 e. The number of para-hydroxylation sites is 2. The molecule has 8 nitrogen and oxygen atoms in total. The Labute approximate surface area is 169 Å². The highest BCUT2D eigenvalue weighted by Crippen LogP contribution is 2.35. The van der Waals surface area contributed by atoms with Gasteiger partial charge in [-0.3, -0.25) is 14.5 Å². The number of hydrogen-bond acceptors (Lipinski definition) is 4. The maximum atomic E-state index is 12.6. The second-order valence-corrected chi connectivity index (χ2v) is 7.93. The van der Waals surface area contributed by atoms with Crippen molar-refractivity contribution in [1.29, 1.82) is 0 Å². The first-order chi connectivity index (χ1) is 14.0. The van der Waals surface area contributed by atoms with Crippen molar-refractivity contribution >= 4 is 28.9 Å². The minimum Gasteiger partial charge on any atom is -0.354 e. The zero-order valence-corrected chi connectivity index (χ0v) is 16.7.